The van der Waals surface area contributed by atoms with Gasteiger partial charge in [0.2, 0.25) is 0 Å². The summed E-state index contributed by atoms with van der Waals surface area (Å²) in [6, 6.07) is 12.6. The second-order valence-corrected chi connectivity index (χ2v) is 5.58. The van der Waals surface area contributed by atoms with Crippen molar-refractivity contribution in [3.8, 4) is 0 Å². The molecule has 0 fully saturated rings. The third-order valence-electron chi connectivity index (χ3n) is 3.45. The molecule has 3 rings (SSSR count). The van der Waals surface area contributed by atoms with Gasteiger partial charge in [0.25, 0.3) is 0 Å². The van der Waals surface area contributed by atoms with Gasteiger partial charge in [-0.2, -0.15) is 0 Å². The first-order chi connectivity index (χ1) is 10.2. The number of aromatic nitrogens is 1. The minimum Gasteiger partial charge on any atom is -0.271 e. The number of halogens is 2. The number of nitrogens with zero attached hydrogens (tertiary/aromatic N) is 1. The average Bonchev–Trinajstić information content (AvgIpc) is 2.52. The maximum Gasteiger partial charge on any atom is 0.137 e. The second-order valence-electron chi connectivity index (χ2n) is 4.72. The van der Waals surface area contributed by atoms with Crippen LogP contribution >= 0.6 is 15.9 Å². The molecule has 0 bridgehead atoms. The first-order valence-electron chi connectivity index (χ1n) is 6.44. The minimum absolute atomic E-state index is 0.319. The molecule has 1 aromatic heterocycles. The van der Waals surface area contributed by atoms with Crippen LogP contribution in [0.25, 0.3) is 10.8 Å². The SMILES string of the molecule is NNC(c1ccc(Br)c(F)c1)c1cncc2ccccc12. The van der Waals surface area contributed by atoms with Gasteiger partial charge in [-0.1, -0.05) is 30.3 Å². The lowest BCUT2D eigenvalue weighted by atomic mass is 9.96. The number of hydrogen-bond acceptors (Lipinski definition) is 3. The molecule has 106 valence electrons. The van der Waals surface area contributed by atoms with Crippen LogP contribution in [0.1, 0.15) is 17.2 Å². The summed E-state index contributed by atoms with van der Waals surface area (Å²) in [6.45, 7) is 0. The van der Waals surface area contributed by atoms with Crippen molar-refractivity contribution in [3.05, 3.63) is 76.3 Å². The molecule has 21 heavy (non-hydrogen) atoms. The molecule has 0 radical (unpaired) electrons. The highest BCUT2D eigenvalue weighted by molar-refractivity contribution is 9.10. The van der Waals surface area contributed by atoms with Gasteiger partial charge in [-0.15, -0.1) is 0 Å². The van der Waals surface area contributed by atoms with Crippen molar-refractivity contribution in [1.82, 2.24) is 10.4 Å². The maximum atomic E-state index is 13.8. The number of fused-ring (bicyclic) bond motifs is 1. The van der Waals surface area contributed by atoms with E-state index >= 15 is 0 Å². The van der Waals surface area contributed by atoms with Crippen molar-refractivity contribution in [2.45, 2.75) is 6.04 Å². The van der Waals surface area contributed by atoms with E-state index in [0.717, 1.165) is 21.9 Å². The predicted octanol–water partition coefficient (Wildman–Crippen LogP) is 3.69. The van der Waals surface area contributed by atoms with Crippen LogP contribution in [0, 0.1) is 5.82 Å². The molecule has 0 aliphatic rings. The predicted molar refractivity (Wildman–Crippen MR) is 85.0 cm³/mol. The standard InChI is InChI=1S/C16H13BrFN3/c17-14-6-5-10(7-15(14)18)16(21-19)13-9-20-8-11-3-1-2-4-12(11)13/h1-9,16,21H,19H2. The fourth-order valence-corrected chi connectivity index (χ4v) is 2.67. The van der Waals surface area contributed by atoms with Crippen molar-refractivity contribution in [2.75, 3.05) is 0 Å². The van der Waals surface area contributed by atoms with E-state index in [1.807, 2.05) is 30.3 Å². The molecule has 3 N–H and O–H groups in total. The molecule has 0 aliphatic carbocycles. The van der Waals surface area contributed by atoms with E-state index in [1.165, 1.54) is 6.07 Å². The zero-order valence-electron chi connectivity index (χ0n) is 11.1. The Balaban J connectivity index is 2.16. The zero-order valence-corrected chi connectivity index (χ0v) is 12.6. The topological polar surface area (TPSA) is 50.9 Å². The highest BCUT2D eigenvalue weighted by Crippen LogP contribution is 2.29. The Kier molecular flexibility index (Phi) is 3.96. The highest BCUT2D eigenvalue weighted by atomic mass is 79.9. The molecule has 0 amide bonds. The van der Waals surface area contributed by atoms with Gasteiger partial charge in [0.15, 0.2) is 0 Å². The van der Waals surface area contributed by atoms with E-state index in [4.69, 9.17) is 5.84 Å². The second kappa shape index (κ2) is 5.89. The monoisotopic (exact) mass is 345 g/mol. The Labute approximate surface area is 130 Å². The number of pyridine rings is 1. The molecule has 0 aliphatic heterocycles. The van der Waals surface area contributed by atoms with Gasteiger partial charge in [-0.3, -0.25) is 10.8 Å². The summed E-state index contributed by atoms with van der Waals surface area (Å²) in [5.41, 5.74) is 4.41. The van der Waals surface area contributed by atoms with Crippen LogP contribution in [0.5, 0.6) is 0 Å². The first kappa shape index (κ1) is 14.1. The number of nitrogens with two attached hydrogens (primary N) is 1. The van der Waals surface area contributed by atoms with Crippen molar-refractivity contribution in [2.24, 2.45) is 5.84 Å². The van der Waals surface area contributed by atoms with Gasteiger partial charge < -0.3 is 0 Å². The largest absolute Gasteiger partial charge is 0.271 e. The van der Waals surface area contributed by atoms with E-state index in [2.05, 4.69) is 26.3 Å². The third kappa shape index (κ3) is 2.68. The maximum absolute atomic E-state index is 13.8. The fourth-order valence-electron chi connectivity index (χ4n) is 2.43. The quantitative estimate of drug-likeness (QED) is 0.562. The molecule has 1 heterocycles. The Morgan fingerprint density at radius 2 is 1.95 bits per heavy atom. The average molecular weight is 346 g/mol. The summed E-state index contributed by atoms with van der Waals surface area (Å²) in [5, 5.41) is 2.06. The van der Waals surface area contributed by atoms with Crippen molar-refractivity contribution >= 4 is 26.7 Å². The molecule has 2 aromatic carbocycles. The van der Waals surface area contributed by atoms with Crippen molar-refractivity contribution < 1.29 is 4.39 Å². The number of hydrazine groups is 1. The van der Waals surface area contributed by atoms with E-state index in [0.29, 0.717) is 4.47 Å². The van der Waals surface area contributed by atoms with Crippen LogP contribution in [0.2, 0.25) is 0 Å². The number of benzene rings is 2. The first-order valence-corrected chi connectivity index (χ1v) is 7.23. The normalized spacial score (nSPS) is 12.5. The molecule has 0 saturated heterocycles. The third-order valence-corrected chi connectivity index (χ3v) is 4.10. The van der Waals surface area contributed by atoms with Crippen molar-refractivity contribution in [3.63, 3.8) is 0 Å². The van der Waals surface area contributed by atoms with Crippen LogP contribution in [0.3, 0.4) is 0 Å². The van der Waals surface area contributed by atoms with Gasteiger partial charge in [0, 0.05) is 23.3 Å². The number of nitrogens with one attached hydrogen (secondary N) is 1. The molecule has 1 unspecified atom stereocenters. The van der Waals surface area contributed by atoms with Crippen LogP contribution in [0.4, 0.5) is 4.39 Å². The van der Waals surface area contributed by atoms with Crippen LogP contribution < -0.4 is 11.3 Å². The van der Waals surface area contributed by atoms with Gasteiger partial charge in [0.05, 0.1) is 10.5 Å². The number of rotatable bonds is 3. The Morgan fingerprint density at radius 1 is 1.14 bits per heavy atom. The molecule has 3 nitrogen and oxygen atoms in total. The summed E-state index contributed by atoms with van der Waals surface area (Å²) in [7, 11) is 0. The van der Waals surface area contributed by atoms with E-state index in [-0.39, 0.29) is 11.9 Å². The Morgan fingerprint density at radius 3 is 2.71 bits per heavy atom. The van der Waals surface area contributed by atoms with E-state index < -0.39 is 0 Å². The summed E-state index contributed by atoms with van der Waals surface area (Å²) >= 11 is 3.16. The molecule has 0 spiro atoms. The lowest BCUT2D eigenvalue weighted by Crippen LogP contribution is -2.29. The number of hydrogen-bond donors (Lipinski definition) is 2. The Bertz CT molecular complexity index is 786. The van der Waals surface area contributed by atoms with Gasteiger partial charge in [-0.25, -0.2) is 9.82 Å². The van der Waals surface area contributed by atoms with E-state index in [1.54, 1.807) is 18.5 Å². The van der Waals surface area contributed by atoms with E-state index in [9.17, 15) is 4.39 Å². The molecular formula is C16H13BrFN3. The molecule has 1 atom stereocenters. The lowest BCUT2D eigenvalue weighted by Gasteiger charge is -2.18. The summed E-state index contributed by atoms with van der Waals surface area (Å²) in [4.78, 5) is 4.25. The minimum atomic E-state index is -0.328. The molecule has 3 aromatic rings. The summed E-state index contributed by atoms with van der Waals surface area (Å²) < 4.78 is 14.2. The van der Waals surface area contributed by atoms with Gasteiger partial charge in [-0.05, 0) is 39.0 Å². The lowest BCUT2D eigenvalue weighted by molar-refractivity contribution is 0.601. The Hall–Kier alpha value is -1.82. The molecule has 5 heteroatoms. The van der Waals surface area contributed by atoms with Crippen LogP contribution in [-0.4, -0.2) is 4.98 Å². The molecular weight excluding hydrogens is 333 g/mol. The van der Waals surface area contributed by atoms with Crippen LogP contribution in [-0.2, 0) is 0 Å². The van der Waals surface area contributed by atoms with Crippen molar-refractivity contribution in [1.29, 1.82) is 0 Å². The summed E-state index contributed by atoms with van der Waals surface area (Å²) in [5.74, 6) is 5.39. The van der Waals surface area contributed by atoms with Crippen LogP contribution in [0.15, 0.2) is 59.3 Å². The zero-order chi connectivity index (χ0) is 14.8. The smallest absolute Gasteiger partial charge is 0.137 e. The van der Waals surface area contributed by atoms with Gasteiger partial charge >= 0.3 is 0 Å². The molecule has 0 saturated carbocycles. The fraction of sp³-hybridized carbons (Fsp3) is 0.0625. The highest BCUT2D eigenvalue weighted by Gasteiger charge is 2.17. The summed E-state index contributed by atoms with van der Waals surface area (Å²) in [6.07, 6.45) is 3.56. The van der Waals surface area contributed by atoms with Gasteiger partial charge in [0.1, 0.15) is 5.82 Å².